The van der Waals surface area contributed by atoms with Crippen molar-refractivity contribution >= 4 is 23.3 Å². The highest BCUT2D eigenvalue weighted by atomic mass is 16.5. The minimum Gasteiger partial charge on any atom is -0.493 e. The summed E-state index contributed by atoms with van der Waals surface area (Å²) in [5.41, 5.74) is 1.98. The van der Waals surface area contributed by atoms with Crippen LogP contribution in [0.3, 0.4) is 0 Å². The number of methoxy groups -OCH3 is 2. The first kappa shape index (κ1) is 19.7. The number of para-hydroxylation sites is 1. The number of ether oxygens (including phenoxy) is 2. The first-order chi connectivity index (χ1) is 13.0. The molecule has 0 saturated heterocycles. The predicted molar refractivity (Wildman–Crippen MR) is 104 cm³/mol. The maximum atomic E-state index is 12.0. The Hall–Kier alpha value is -3.66. The molecule has 0 heterocycles. The molecule has 0 atom stereocenters. The zero-order valence-electron chi connectivity index (χ0n) is 15.4. The van der Waals surface area contributed by atoms with Crippen molar-refractivity contribution in [1.29, 1.82) is 0 Å². The van der Waals surface area contributed by atoms with Gasteiger partial charge in [-0.2, -0.15) is 0 Å². The van der Waals surface area contributed by atoms with Gasteiger partial charge in [0.05, 0.1) is 26.5 Å². The van der Waals surface area contributed by atoms with E-state index in [1.165, 1.54) is 21.1 Å². The molecule has 3 amide bonds. The van der Waals surface area contributed by atoms with E-state index in [1.807, 2.05) is 0 Å². The summed E-state index contributed by atoms with van der Waals surface area (Å²) < 4.78 is 10.5. The summed E-state index contributed by atoms with van der Waals surface area (Å²) in [5, 5.41) is 8.03. The summed E-state index contributed by atoms with van der Waals surface area (Å²) in [5.74, 6) is 6.64. The fourth-order valence-corrected chi connectivity index (χ4v) is 2.26. The second-order valence-corrected chi connectivity index (χ2v) is 5.41. The van der Waals surface area contributed by atoms with Crippen LogP contribution in [0.1, 0.15) is 12.5 Å². The third-order valence-corrected chi connectivity index (χ3v) is 3.43. The van der Waals surface area contributed by atoms with Gasteiger partial charge in [0, 0.05) is 18.2 Å². The van der Waals surface area contributed by atoms with E-state index in [0.29, 0.717) is 22.9 Å². The number of hydrogen-bond acceptors (Lipinski definition) is 4. The molecule has 0 bridgehead atoms. The highest BCUT2D eigenvalue weighted by Gasteiger charge is 2.11. The molecule has 0 spiro atoms. The fraction of sp³-hybridized carbons (Fsp3) is 0.200. The zero-order chi connectivity index (χ0) is 19.6. The third kappa shape index (κ3) is 5.97. The number of carbonyl (C=O) groups excluding carboxylic acids is 2. The maximum absolute atomic E-state index is 12.0. The van der Waals surface area contributed by atoms with Crippen molar-refractivity contribution in [1.82, 2.24) is 5.32 Å². The summed E-state index contributed by atoms with van der Waals surface area (Å²) in [6, 6.07) is 11.9. The molecule has 0 aliphatic rings. The SMILES string of the molecule is COc1cccc(NC(=O)NCC#Cc2ccc(NC(C)=O)cc2)c1OC. The second kappa shape index (κ2) is 9.73. The molecule has 0 aliphatic heterocycles. The number of nitrogens with one attached hydrogen (secondary N) is 3. The molecule has 3 N–H and O–H groups in total. The van der Waals surface area contributed by atoms with Gasteiger partial charge >= 0.3 is 6.03 Å². The third-order valence-electron chi connectivity index (χ3n) is 3.43. The van der Waals surface area contributed by atoms with Crippen LogP contribution >= 0.6 is 0 Å². The van der Waals surface area contributed by atoms with Gasteiger partial charge in [0.1, 0.15) is 0 Å². The maximum Gasteiger partial charge on any atom is 0.320 e. The average molecular weight is 367 g/mol. The van der Waals surface area contributed by atoms with Crippen LogP contribution < -0.4 is 25.4 Å². The van der Waals surface area contributed by atoms with Gasteiger partial charge in [0.15, 0.2) is 11.5 Å². The summed E-state index contributed by atoms with van der Waals surface area (Å²) in [6.07, 6.45) is 0. The number of urea groups is 1. The Bertz CT molecular complexity index is 867. The van der Waals surface area contributed by atoms with Crippen LogP contribution in [-0.2, 0) is 4.79 Å². The zero-order valence-corrected chi connectivity index (χ0v) is 15.4. The van der Waals surface area contributed by atoms with Gasteiger partial charge in [-0.15, -0.1) is 0 Å². The first-order valence-electron chi connectivity index (χ1n) is 8.16. The van der Waals surface area contributed by atoms with Crippen LogP contribution in [0.2, 0.25) is 0 Å². The van der Waals surface area contributed by atoms with E-state index in [-0.39, 0.29) is 12.5 Å². The quantitative estimate of drug-likeness (QED) is 0.709. The molecule has 0 fully saturated rings. The highest BCUT2D eigenvalue weighted by Crippen LogP contribution is 2.34. The van der Waals surface area contributed by atoms with Gasteiger partial charge in [0.2, 0.25) is 5.91 Å². The Balaban J connectivity index is 1.88. The van der Waals surface area contributed by atoms with Gasteiger partial charge in [-0.05, 0) is 36.4 Å². The number of rotatable bonds is 5. The van der Waals surface area contributed by atoms with E-state index < -0.39 is 6.03 Å². The Morgan fingerprint density at radius 1 is 1.00 bits per heavy atom. The largest absolute Gasteiger partial charge is 0.493 e. The molecule has 7 nitrogen and oxygen atoms in total. The molecule has 2 aromatic rings. The minimum atomic E-state index is -0.406. The van der Waals surface area contributed by atoms with E-state index in [1.54, 1.807) is 42.5 Å². The van der Waals surface area contributed by atoms with E-state index in [4.69, 9.17) is 9.47 Å². The molecule has 0 radical (unpaired) electrons. The molecular weight excluding hydrogens is 346 g/mol. The Morgan fingerprint density at radius 2 is 1.74 bits per heavy atom. The molecule has 0 aliphatic carbocycles. The Morgan fingerprint density at radius 3 is 2.37 bits per heavy atom. The Labute approximate surface area is 158 Å². The summed E-state index contributed by atoms with van der Waals surface area (Å²) in [4.78, 5) is 23.0. The van der Waals surface area contributed by atoms with Crippen molar-refractivity contribution in [3.8, 4) is 23.3 Å². The fourth-order valence-electron chi connectivity index (χ4n) is 2.26. The van der Waals surface area contributed by atoms with E-state index >= 15 is 0 Å². The lowest BCUT2D eigenvalue weighted by Gasteiger charge is -2.13. The van der Waals surface area contributed by atoms with Crippen molar-refractivity contribution < 1.29 is 19.1 Å². The molecular formula is C20H21N3O4. The average Bonchev–Trinajstić information content (AvgIpc) is 2.65. The van der Waals surface area contributed by atoms with Crippen molar-refractivity contribution in [2.24, 2.45) is 0 Å². The molecule has 0 aromatic heterocycles. The van der Waals surface area contributed by atoms with Crippen LogP contribution in [0.25, 0.3) is 0 Å². The smallest absolute Gasteiger partial charge is 0.320 e. The van der Waals surface area contributed by atoms with E-state index in [9.17, 15) is 9.59 Å². The minimum absolute atomic E-state index is 0.128. The van der Waals surface area contributed by atoms with Crippen molar-refractivity contribution in [2.45, 2.75) is 6.92 Å². The lowest BCUT2D eigenvalue weighted by molar-refractivity contribution is -0.114. The van der Waals surface area contributed by atoms with Gasteiger partial charge < -0.3 is 25.4 Å². The van der Waals surface area contributed by atoms with Gasteiger partial charge in [-0.3, -0.25) is 4.79 Å². The molecule has 0 saturated carbocycles. The molecule has 2 rings (SSSR count). The summed E-state index contributed by atoms with van der Waals surface area (Å²) >= 11 is 0. The monoisotopic (exact) mass is 367 g/mol. The van der Waals surface area contributed by atoms with Crippen LogP contribution in [0.4, 0.5) is 16.2 Å². The summed E-state index contributed by atoms with van der Waals surface area (Å²) in [7, 11) is 3.03. The number of hydrogen-bond donors (Lipinski definition) is 3. The normalized spacial score (nSPS) is 9.44. The topological polar surface area (TPSA) is 88.7 Å². The van der Waals surface area contributed by atoms with Crippen LogP contribution in [0.15, 0.2) is 42.5 Å². The molecule has 0 unspecified atom stereocenters. The molecule has 7 heteroatoms. The molecule has 2 aromatic carbocycles. The van der Waals surface area contributed by atoms with Crippen LogP contribution in [0, 0.1) is 11.8 Å². The molecule has 27 heavy (non-hydrogen) atoms. The standard InChI is InChI=1S/C20H21N3O4/c1-14(24)22-16-11-9-15(10-12-16)6-5-13-21-20(25)23-17-7-4-8-18(26-2)19(17)27-3/h4,7-12H,13H2,1-3H3,(H,22,24)(H2,21,23,25). The first-order valence-corrected chi connectivity index (χ1v) is 8.16. The Kier molecular flexibility index (Phi) is 7.08. The van der Waals surface area contributed by atoms with Crippen molar-refractivity contribution in [3.63, 3.8) is 0 Å². The number of carbonyl (C=O) groups is 2. The number of benzene rings is 2. The van der Waals surface area contributed by atoms with E-state index in [0.717, 1.165) is 5.56 Å². The second-order valence-electron chi connectivity index (χ2n) is 5.41. The van der Waals surface area contributed by atoms with Crippen molar-refractivity contribution in [2.75, 3.05) is 31.4 Å². The number of amides is 3. The van der Waals surface area contributed by atoms with Gasteiger partial charge in [-0.25, -0.2) is 4.79 Å². The molecule has 140 valence electrons. The van der Waals surface area contributed by atoms with Crippen molar-refractivity contribution in [3.05, 3.63) is 48.0 Å². The predicted octanol–water partition coefficient (Wildman–Crippen LogP) is 2.84. The highest BCUT2D eigenvalue weighted by molar-refractivity contribution is 5.91. The van der Waals surface area contributed by atoms with Gasteiger partial charge in [-0.1, -0.05) is 17.9 Å². The van der Waals surface area contributed by atoms with Crippen LogP contribution in [0.5, 0.6) is 11.5 Å². The summed E-state index contributed by atoms with van der Waals surface area (Å²) in [6.45, 7) is 1.62. The number of anilines is 2. The van der Waals surface area contributed by atoms with Crippen LogP contribution in [-0.4, -0.2) is 32.7 Å². The van der Waals surface area contributed by atoms with E-state index in [2.05, 4.69) is 27.8 Å². The lowest BCUT2D eigenvalue weighted by Crippen LogP contribution is -2.29. The van der Waals surface area contributed by atoms with Gasteiger partial charge in [0.25, 0.3) is 0 Å². The lowest BCUT2D eigenvalue weighted by atomic mass is 10.2.